The molecule has 4 heteroatoms. The van der Waals surface area contributed by atoms with Crippen LogP contribution in [0.15, 0.2) is 29.2 Å². The van der Waals surface area contributed by atoms with Crippen LogP contribution < -0.4 is 5.32 Å². The zero-order valence-electron chi connectivity index (χ0n) is 11.5. The van der Waals surface area contributed by atoms with Gasteiger partial charge in [0.2, 0.25) is 0 Å². The molecule has 1 N–H and O–H groups in total. The lowest BCUT2D eigenvalue weighted by molar-refractivity contribution is 0.375. The Labute approximate surface area is 108 Å². The van der Waals surface area contributed by atoms with E-state index >= 15 is 0 Å². The van der Waals surface area contributed by atoms with Crippen molar-refractivity contribution in [2.24, 2.45) is 0 Å². The van der Waals surface area contributed by atoms with Crippen LogP contribution in [0.3, 0.4) is 0 Å². The second kappa shape index (κ2) is 4.98. The molecule has 0 aliphatic carbocycles. The molecule has 0 saturated heterocycles. The van der Waals surface area contributed by atoms with Gasteiger partial charge in [-0.1, -0.05) is 0 Å². The molecule has 0 saturated carbocycles. The molecule has 0 unspecified atom stereocenters. The first-order valence-electron chi connectivity index (χ1n) is 6.23. The van der Waals surface area contributed by atoms with E-state index in [1.807, 2.05) is 10.8 Å². The van der Waals surface area contributed by atoms with Gasteiger partial charge < -0.3 is 14.3 Å². The summed E-state index contributed by atoms with van der Waals surface area (Å²) in [6.07, 6.45) is 5.51. The molecule has 2 aromatic heterocycles. The molecule has 2 rings (SSSR count). The van der Waals surface area contributed by atoms with E-state index in [-0.39, 0.29) is 5.54 Å². The molecule has 0 aromatic carbocycles. The van der Waals surface area contributed by atoms with Gasteiger partial charge in [-0.05, 0) is 39.3 Å². The highest BCUT2D eigenvalue weighted by Gasteiger charge is 2.12. The van der Waals surface area contributed by atoms with Crippen LogP contribution in [-0.4, -0.2) is 15.1 Å². The fourth-order valence-electron chi connectivity index (χ4n) is 1.75. The number of aryl methyl sites for hydroxylation is 1. The predicted octanol–water partition coefficient (Wildman–Crippen LogP) is 2.72. The molecule has 2 heterocycles. The van der Waals surface area contributed by atoms with E-state index in [1.165, 1.54) is 5.56 Å². The standard InChI is InChI=1S/C14H21N3O/c1-11-7-12(9-17-6-5-15-10-17)18-13(11)8-16-14(2,3)4/h5-7,10,16H,8-9H2,1-4H3. The molecule has 0 aliphatic heterocycles. The molecule has 0 bridgehead atoms. The van der Waals surface area contributed by atoms with Gasteiger partial charge in [0.05, 0.1) is 19.4 Å². The highest BCUT2D eigenvalue weighted by molar-refractivity contribution is 5.20. The first-order valence-corrected chi connectivity index (χ1v) is 6.23. The lowest BCUT2D eigenvalue weighted by atomic mass is 10.1. The van der Waals surface area contributed by atoms with Crippen LogP contribution in [0.5, 0.6) is 0 Å². The predicted molar refractivity (Wildman–Crippen MR) is 71.4 cm³/mol. The third kappa shape index (κ3) is 3.47. The average molecular weight is 247 g/mol. The Morgan fingerprint density at radius 3 is 2.78 bits per heavy atom. The van der Waals surface area contributed by atoms with Crippen molar-refractivity contribution in [1.29, 1.82) is 0 Å². The van der Waals surface area contributed by atoms with Gasteiger partial charge in [-0.15, -0.1) is 0 Å². The molecule has 98 valence electrons. The topological polar surface area (TPSA) is 43.0 Å². The molecular formula is C14H21N3O. The number of furan rings is 1. The van der Waals surface area contributed by atoms with Gasteiger partial charge in [0.25, 0.3) is 0 Å². The van der Waals surface area contributed by atoms with Crippen LogP contribution in [0.25, 0.3) is 0 Å². The van der Waals surface area contributed by atoms with Crippen molar-refractivity contribution in [3.05, 3.63) is 41.9 Å². The summed E-state index contributed by atoms with van der Waals surface area (Å²) >= 11 is 0. The summed E-state index contributed by atoms with van der Waals surface area (Å²) in [4.78, 5) is 4.03. The highest BCUT2D eigenvalue weighted by Crippen LogP contribution is 2.16. The van der Waals surface area contributed by atoms with E-state index in [9.17, 15) is 0 Å². The van der Waals surface area contributed by atoms with Gasteiger partial charge >= 0.3 is 0 Å². The van der Waals surface area contributed by atoms with E-state index in [0.29, 0.717) is 0 Å². The van der Waals surface area contributed by atoms with Crippen LogP contribution in [0.4, 0.5) is 0 Å². The number of nitrogens with zero attached hydrogens (tertiary/aromatic N) is 2. The van der Waals surface area contributed by atoms with Crippen LogP contribution >= 0.6 is 0 Å². The number of hydrogen-bond acceptors (Lipinski definition) is 3. The Bertz CT molecular complexity index is 492. The fourth-order valence-corrected chi connectivity index (χ4v) is 1.75. The third-order valence-corrected chi connectivity index (χ3v) is 2.75. The summed E-state index contributed by atoms with van der Waals surface area (Å²) in [5.74, 6) is 1.98. The Hall–Kier alpha value is -1.55. The molecule has 18 heavy (non-hydrogen) atoms. The summed E-state index contributed by atoms with van der Waals surface area (Å²) in [5.41, 5.74) is 1.30. The van der Waals surface area contributed by atoms with Crippen molar-refractivity contribution in [3.8, 4) is 0 Å². The molecule has 0 spiro atoms. The monoisotopic (exact) mass is 247 g/mol. The van der Waals surface area contributed by atoms with Crippen molar-refractivity contribution in [2.75, 3.05) is 0 Å². The van der Waals surface area contributed by atoms with Gasteiger partial charge in [0.15, 0.2) is 0 Å². The molecular weight excluding hydrogens is 226 g/mol. The highest BCUT2D eigenvalue weighted by atomic mass is 16.3. The molecule has 0 atom stereocenters. The summed E-state index contributed by atoms with van der Waals surface area (Å²) in [6.45, 7) is 10.0. The van der Waals surface area contributed by atoms with Crippen LogP contribution in [0.1, 0.15) is 37.9 Å². The van der Waals surface area contributed by atoms with Crippen molar-refractivity contribution >= 4 is 0 Å². The minimum Gasteiger partial charge on any atom is -0.463 e. The quantitative estimate of drug-likeness (QED) is 0.903. The number of hydrogen-bond donors (Lipinski definition) is 1. The van der Waals surface area contributed by atoms with Crippen molar-refractivity contribution in [2.45, 2.75) is 46.3 Å². The van der Waals surface area contributed by atoms with E-state index in [4.69, 9.17) is 4.42 Å². The normalized spacial score (nSPS) is 12.0. The van der Waals surface area contributed by atoms with Crippen molar-refractivity contribution in [3.63, 3.8) is 0 Å². The first kappa shape index (κ1) is 12.9. The van der Waals surface area contributed by atoms with Gasteiger partial charge in [-0.25, -0.2) is 4.98 Å². The van der Waals surface area contributed by atoms with Gasteiger partial charge in [0.1, 0.15) is 11.5 Å². The van der Waals surface area contributed by atoms with E-state index < -0.39 is 0 Å². The van der Waals surface area contributed by atoms with E-state index in [2.05, 4.69) is 44.1 Å². The molecule has 4 nitrogen and oxygen atoms in total. The Morgan fingerprint density at radius 2 is 2.17 bits per heavy atom. The second-order valence-corrected chi connectivity index (χ2v) is 5.66. The zero-order chi connectivity index (χ0) is 13.2. The molecule has 0 amide bonds. The van der Waals surface area contributed by atoms with E-state index in [0.717, 1.165) is 24.6 Å². The molecule has 0 radical (unpaired) electrons. The number of aromatic nitrogens is 2. The first-order chi connectivity index (χ1) is 8.44. The van der Waals surface area contributed by atoms with Gasteiger partial charge in [-0.3, -0.25) is 0 Å². The summed E-state index contributed by atoms with van der Waals surface area (Å²) < 4.78 is 7.87. The maximum Gasteiger partial charge on any atom is 0.124 e. The van der Waals surface area contributed by atoms with Gasteiger partial charge in [0, 0.05) is 17.9 Å². The number of nitrogens with one attached hydrogen (secondary N) is 1. The number of rotatable bonds is 4. The largest absolute Gasteiger partial charge is 0.463 e. The lowest BCUT2D eigenvalue weighted by Gasteiger charge is -2.19. The Kier molecular flexibility index (Phi) is 3.57. The minimum absolute atomic E-state index is 0.101. The Balaban J connectivity index is 2.03. The summed E-state index contributed by atoms with van der Waals surface area (Å²) in [6, 6.07) is 2.10. The lowest BCUT2D eigenvalue weighted by Crippen LogP contribution is -2.35. The average Bonchev–Trinajstić information content (AvgIpc) is 2.85. The second-order valence-electron chi connectivity index (χ2n) is 5.66. The SMILES string of the molecule is Cc1cc(Cn2ccnc2)oc1CNC(C)(C)C. The smallest absolute Gasteiger partial charge is 0.124 e. The van der Waals surface area contributed by atoms with Gasteiger partial charge in [-0.2, -0.15) is 0 Å². The third-order valence-electron chi connectivity index (χ3n) is 2.75. The summed E-state index contributed by atoms with van der Waals surface area (Å²) in [7, 11) is 0. The van der Waals surface area contributed by atoms with Crippen LogP contribution in [0, 0.1) is 6.92 Å². The number of imidazole rings is 1. The minimum atomic E-state index is 0.101. The zero-order valence-corrected chi connectivity index (χ0v) is 11.5. The molecule has 2 aromatic rings. The molecule has 0 fully saturated rings. The van der Waals surface area contributed by atoms with Crippen molar-refractivity contribution in [1.82, 2.24) is 14.9 Å². The van der Waals surface area contributed by atoms with Crippen LogP contribution in [-0.2, 0) is 13.1 Å². The molecule has 0 aliphatic rings. The van der Waals surface area contributed by atoms with Crippen LogP contribution in [0.2, 0.25) is 0 Å². The Morgan fingerprint density at radius 1 is 1.39 bits per heavy atom. The summed E-state index contributed by atoms with van der Waals surface area (Å²) in [5, 5.41) is 3.44. The maximum absolute atomic E-state index is 5.87. The fraction of sp³-hybridized carbons (Fsp3) is 0.500. The maximum atomic E-state index is 5.87. The van der Waals surface area contributed by atoms with Crippen molar-refractivity contribution < 1.29 is 4.42 Å². The van der Waals surface area contributed by atoms with E-state index in [1.54, 1.807) is 12.5 Å².